The Balaban J connectivity index is 1.38. The van der Waals surface area contributed by atoms with E-state index in [4.69, 9.17) is 4.74 Å². The number of rotatable bonds is 7. The van der Waals surface area contributed by atoms with Crippen molar-refractivity contribution < 1.29 is 18.3 Å². The summed E-state index contributed by atoms with van der Waals surface area (Å²) < 4.78 is 40.5. The molecule has 2 aliphatic rings. The number of ether oxygens (including phenoxy) is 1. The van der Waals surface area contributed by atoms with Gasteiger partial charge in [0.05, 0.1) is 24.1 Å². The van der Waals surface area contributed by atoms with Crippen LogP contribution in [0, 0.1) is 12.7 Å². The molecule has 1 aliphatic heterocycles. The summed E-state index contributed by atoms with van der Waals surface area (Å²) in [6, 6.07) is 4.84. The van der Waals surface area contributed by atoms with Crippen LogP contribution in [-0.2, 0) is 5.67 Å². The second-order valence-electron chi connectivity index (χ2n) is 10.7. The lowest BCUT2D eigenvalue weighted by Gasteiger charge is -2.35. The number of nitrogens with one attached hydrogen (secondary N) is 1. The van der Waals surface area contributed by atoms with E-state index >= 15 is 4.39 Å². The highest BCUT2D eigenvalue weighted by molar-refractivity contribution is 5.96. The van der Waals surface area contributed by atoms with Crippen molar-refractivity contribution in [2.45, 2.75) is 51.2 Å². The van der Waals surface area contributed by atoms with Crippen LogP contribution in [0.3, 0.4) is 0 Å². The lowest BCUT2D eigenvalue weighted by atomic mass is 9.86. The highest BCUT2D eigenvalue weighted by Crippen LogP contribution is 2.42. The van der Waals surface area contributed by atoms with Gasteiger partial charge in [-0.05, 0) is 64.3 Å². The molecule has 6 rings (SSSR count). The Bertz CT molecular complexity index is 1550. The van der Waals surface area contributed by atoms with E-state index in [1.165, 1.54) is 6.07 Å². The molecule has 10 heteroatoms. The SMILES string of the molecule is CCOc1cc2ncc(-n3cnc(-c4cc(C(=O)NC5CC5)c(F)cc4C)c3)n2cc1C1(F)CCN(C)CC1. The number of imidazole rings is 2. The molecule has 1 N–H and O–H groups in total. The van der Waals surface area contributed by atoms with E-state index in [0.29, 0.717) is 72.1 Å². The predicted octanol–water partition coefficient (Wildman–Crippen LogP) is 4.82. The number of hydrogen-bond donors (Lipinski definition) is 1. The Morgan fingerprint density at radius 2 is 1.95 bits per heavy atom. The molecule has 1 saturated carbocycles. The first-order valence-electron chi connectivity index (χ1n) is 13.4. The highest BCUT2D eigenvalue weighted by atomic mass is 19.1. The molecule has 0 unspecified atom stereocenters. The molecule has 0 radical (unpaired) electrons. The number of aromatic nitrogens is 4. The third kappa shape index (κ3) is 4.78. The van der Waals surface area contributed by atoms with Gasteiger partial charge in [0.1, 0.15) is 35.0 Å². The predicted molar refractivity (Wildman–Crippen MR) is 144 cm³/mol. The molecule has 0 atom stereocenters. The second-order valence-corrected chi connectivity index (χ2v) is 10.7. The van der Waals surface area contributed by atoms with E-state index in [1.54, 1.807) is 42.3 Å². The Morgan fingerprint density at radius 3 is 2.67 bits per heavy atom. The summed E-state index contributed by atoms with van der Waals surface area (Å²) in [7, 11) is 2.00. The number of carbonyl (C=O) groups is 1. The van der Waals surface area contributed by atoms with Gasteiger partial charge in [0.15, 0.2) is 0 Å². The molecule has 1 aliphatic carbocycles. The van der Waals surface area contributed by atoms with Crippen molar-refractivity contribution in [3.8, 4) is 22.8 Å². The number of carbonyl (C=O) groups excluding carboxylic acids is 1. The van der Waals surface area contributed by atoms with Gasteiger partial charge in [-0.25, -0.2) is 18.7 Å². The Hall–Kier alpha value is -3.79. The quantitative estimate of drug-likeness (QED) is 0.368. The molecule has 3 aromatic heterocycles. The van der Waals surface area contributed by atoms with Crippen molar-refractivity contribution >= 4 is 11.6 Å². The summed E-state index contributed by atoms with van der Waals surface area (Å²) >= 11 is 0. The minimum absolute atomic E-state index is 0.00585. The maximum Gasteiger partial charge on any atom is 0.254 e. The van der Waals surface area contributed by atoms with Crippen LogP contribution >= 0.6 is 0 Å². The van der Waals surface area contributed by atoms with E-state index < -0.39 is 17.4 Å². The van der Waals surface area contributed by atoms with Crippen LogP contribution in [0.1, 0.15) is 54.1 Å². The molecule has 204 valence electrons. The van der Waals surface area contributed by atoms with E-state index in [0.717, 1.165) is 12.8 Å². The van der Waals surface area contributed by atoms with Crippen LogP contribution in [-0.4, -0.2) is 62.5 Å². The summed E-state index contributed by atoms with van der Waals surface area (Å²) in [5.41, 5.74) is 1.57. The van der Waals surface area contributed by atoms with Crippen molar-refractivity contribution in [2.75, 3.05) is 26.7 Å². The van der Waals surface area contributed by atoms with E-state index in [9.17, 15) is 9.18 Å². The molecule has 0 bridgehead atoms. The fraction of sp³-hybridized carbons (Fsp3) is 0.414. The molecule has 1 saturated heterocycles. The number of piperidine rings is 1. The third-order valence-electron chi connectivity index (χ3n) is 7.75. The topological polar surface area (TPSA) is 76.7 Å². The van der Waals surface area contributed by atoms with Crippen molar-refractivity contribution in [3.05, 3.63) is 65.6 Å². The van der Waals surface area contributed by atoms with Crippen LogP contribution in [0.5, 0.6) is 5.75 Å². The molecular weight excluding hydrogens is 502 g/mol. The van der Waals surface area contributed by atoms with Crippen molar-refractivity contribution in [1.82, 2.24) is 29.2 Å². The number of fused-ring (bicyclic) bond motifs is 1. The first kappa shape index (κ1) is 25.5. The molecule has 1 amide bonds. The number of hydrogen-bond acceptors (Lipinski definition) is 5. The van der Waals surface area contributed by atoms with Gasteiger partial charge in [0.25, 0.3) is 5.91 Å². The van der Waals surface area contributed by atoms with Crippen LogP contribution in [0.4, 0.5) is 8.78 Å². The lowest BCUT2D eigenvalue weighted by molar-refractivity contribution is 0.0640. The summed E-state index contributed by atoms with van der Waals surface area (Å²) in [4.78, 5) is 23.8. The average Bonchev–Trinajstić information content (AvgIpc) is 3.42. The lowest BCUT2D eigenvalue weighted by Crippen LogP contribution is -2.38. The minimum Gasteiger partial charge on any atom is -0.493 e. The zero-order valence-electron chi connectivity index (χ0n) is 22.4. The smallest absolute Gasteiger partial charge is 0.254 e. The van der Waals surface area contributed by atoms with Gasteiger partial charge in [0.2, 0.25) is 0 Å². The highest BCUT2D eigenvalue weighted by Gasteiger charge is 2.38. The van der Waals surface area contributed by atoms with Gasteiger partial charge >= 0.3 is 0 Å². The van der Waals surface area contributed by atoms with Crippen molar-refractivity contribution in [3.63, 3.8) is 0 Å². The molecule has 1 aromatic carbocycles. The van der Waals surface area contributed by atoms with Crippen LogP contribution < -0.4 is 10.1 Å². The van der Waals surface area contributed by atoms with E-state index in [1.807, 2.05) is 24.6 Å². The van der Waals surface area contributed by atoms with E-state index in [-0.39, 0.29) is 11.6 Å². The number of halogens is 2. The normalized spacial score (nSPS) is 17.5. The summed E-state index contributed by atoms with van der Waals surface area (Å²) in [5, 5.41) is 2.85. The first-order valence-corrected chi connectivity index (χ1v) is 13.4. The number of aryl methyl sites for hydroxylation is 1. The van der Waals surface area contributed by atoms with E-state index in [2.05, 4.69) is 20.2 Å². The van der Waals surface area contributed by atoms with Crippen LogP contribution in [0.15, 0.2) is 43.1 Å². The number of amides is 1. The average molecular weight is 535 g/mol. The number of nitrogens with zero attached hydrogens (tertiary/aromatic N) is 5. The number of pyridine rings is 1. The molecule has 8 nitrogen and oxygen atoms in total. The van der Waals surface area contributed by atoms with Gasteiger partial charge in [-0.2, -0.15) is 0 Å². The van der Waals surface area contributed by atoms with Crippen LogP contribution in [0.25, 0.3) is 22.7 Å². The number of likely N-dealkylation sites (tertiary alicyclic amines) is 1. The maximum atomic E-state index is 16.3. The maximum absolute atomic E-state index is 16.3. The minimum atomic E-state index is -1.50. The summed E-state index contributed by atoms with van der Waals surface area (Å²) in [6.45, 7) is 5.43. The fourth-order valence-electron chi connectivity index (χ4n) is 5.24. The van der Waals surface area contributed by atoms with Gasteiger partial charge in [-0.15, -0.1) is 0 Å². The summed E-state index contributed by atoms with van der Waals surface area (Å²) in [5.74, 6) is 0.224. The second kappa shape index (κ2) is 9.75. The molecule has 4 aromatic rings. The zero-order chi connectivity index (χ0) is 27.3. The van der Waals surface area contributed by atoms with Crippen molar-refractivity contribution in [2.24, 2.45) is 0 Å². The first-order chi connectivity index (χ1) is 18.8. The zero-order valence-corrected chi connectivity index (χ0v) is 22.4. The Kier molecular flexibility index (Phi) is 6.37. The largest absolute Gasteiger partial charge is 0.493 e. The molecular formula is C29H32F2N6O2. The molecule has 4 heterocycles. The van der Waals surface area contributed by atoms with Gasteiger partial charge < -0.3 is 15.0 Å². The van der Waals surface area contributed by atoms with Gasteiger partial charge in [-0.1, -0.05) is 0 Å². The fourth-order valence-corrected chi connectivity index (χ4v) is 5.24. The Labute approximate surface area is 225 Å². The molecule has 2 fully saturated rings. The van der Waals surface area contributed by atoms with Crippen LogP contribution in [0.2, 0.25) is 0 Å². The monoisotopic (exact) mass is 534 g/mol. The number of alkyl halides is 1. The summed E-state index contributed by atoms with van der Waals surface area (Å²) in [6.07, 6.45) is 9.55. The standard InChI is InChI=1S/C29H32F2N6O2/c1-4-39-25-13-26-32-14-27(37(26)15-22(25)29(31)7-9-35(3)10-8-29)36-16-24(33-17-36)20-12-21(23(30)11-18(20)2)28(38)34-19-5-6-19/h11-17,19H,4-10H2,1-3H3,(H,34,38). The third-order valence-corrected chi connectivity index (χ3v) is 7.75. The Morgan fingerprint density at radius 1 is 1.18 bits per heavy atom. The molecule has 39 heavy (non-hydrogen) atoms. The van der Waals surface area contributed by atoms with Crippen molar-refractivity contribution in [1.29, 1.82) is 0 Å². The molecule has 0 spiro atoms. The number of benzene rings is 1. The van der Waals surface area contributed by atoms with Gasteiger partial charge in [0, 0.05) is 48.7 Å². The van der Waals surface area contributed by atoms with Gasteiger partial charge in [-0.3, -0.25) is 13.8 Å².